The lowest BCUT2D eigenvalue weighted by atomic mass is 9.98. The van der Waals surface area contributed by atoms with Crippen LogP contribution in [0.3, 0.4) is 0 Å². The molecule has 2 fully saturated rings. The topological polar surface area (TPSA) is 214 Å². The van der Waals surface area contributed by atoms with Gasteiger partial charge in [0.2, 0.25) is 0 Å². The van der Waals surface area contributed by atoms with Crippen molar-refractivity contribution in [2.45, 2.75) is 306 Å². The number of esters is 1. The Bertz CT molecular complexity index is 1210. The van der Waals surface area contributed by atoms with Gasteiger partial charge in [0, 0.05) is 13.0 Å². The minimum absolute atomic E-state index is 0.0632. The van der Waals surface area contributed by atoms with Crippen LogP contribution >= 0.6 is 0 Å². The monoisotopic (exact) mass is 1000 g/mol. The van der Waals surface area contributed by atoms with Crippen molar-refractivity contribution < 1.29 is 69.0 Å². The Kier molecular flexibility index (Phi) is 40.8. The number of ether oxygens (including phenoxy) is 6. The molecule has 14 nitrogen and oxygen atoms in total. The van der Waals surface area contributed by atoms with E-state index in [0.29, 0.717) is 13.0 Å². The molecule has 414 valence electrons. The predicted octanol–water partition coefficient (Wildman–Crippen LogP) is 9.81. The quantitative estimate of drug-likeness (QED) is 0.0172. The van der Waals surface area contributed by atoms with E-state index in [1.807, 2.05) is 0 Å². The van der Waals surface area contributed by atoms with E-state index < -0.39 is 80.7 Å². The van der Waals surface area contributed by atoms with Gasteiger partial charge >= 0.3 is 5.97 Å². The highest BCUT2D eigenvalue weighted by Crippen LogP contribution is 2.27. The molecule has 14 heteroatoms. The zero-order chi connectivity index (χ0) is 50.9. The van der Waals surface area contributed by atoms with Crippen molar-refractivity contribution in [1.29, 1.82) is 0 Å². The van der Waals surface area contributed by atoms with Gasteiger partial charge in [0.15, 0.2) is 12.6 Å². The summed E-state index contributed by atoms with van der Waals surface area (Å²) in [6, 6.07) is 0. The predicted molar refractivity (Wildman–Crippen MR) is 275 cm³/mol. The first-order chi connectivity index (χ1) is 34.1. The third-order valence-electron chi connectivity index (χ3n) is 14.0. The first-order valence-corrected chi connectivity index (χ1v) is 28.8. The maximum Gasteiger partial charge on any atom is 0.306 e. The highest BCUT2D eigenvalue weighted by molar-refractivity contribution is 5.69. The summed E-state index contributed by atoms with van der Waals surface area (Å²) in [5.41, 5.74) is 0. The van der Waals surface area contributed by atoms with Crippen molar-refractivity contribution in [3.63, 3.8) is 0 Å². The van der Waals surface area contributed by atoms with Crippen LogP contribution in [-0.2, 0) is 33.2 Å². The van der Waals surface area contributed by atoms with Crippen LogP contribution in [0.4, 0.5) is 0 Å². The molecule has 2 aliphatic rings. The van der Waals surface area contributed by atoms with Crippen LogP contribution in [-0.4, -0.2) is 142 Å². The Morgan fingerprint density at radius 3 is 1.30 bits per heavy atom. The third kappa shape index (κ3) is 30.8. The smallest absolute Gasteiger partial charge is 0.306 e. The van der Waals surface area contributed by atoms with E-state index in [0.717, 1.165) is 44.9 Å². The Balaban J connectivity index is 1.72. The van der Waals surface area contributed by atoms with Crippen LogP contribution in [0.5, 0.6) is 0 Å². The van der Waals surface area contributed by atoms with E-state index in [2.05, 4.69) is 26.0 Å². The lowest BCUT2D eigenvalue weighted by molar-refractivity contribution is -0.332. The minimum Gasteiger partial charge on any atom is -0.457 e. The van der Waals surface area contributed by atoms with Crippen molar-refractivity contribution in [3.05, 3.63) is 12.2 Å². The molecule has 2 rings (SSSR count). The Labute approximate surface area is 425 Å². The molecule has 0 aliphatic carbocycles. The third-order valence-corrected chi connectivity index (χ3v) is 14.0. The zero-order valence-electron chi connectivity index (χ0n) is 44.3. The number of carbonyl (C=O) groups excluding carboxylic acids is 1. The molecule has 7 N–H and O–H groups in total. The second-order valence-electron chi connectivity index (χ2n) is 20.5. The fourth-order valence-corrected chi connectivity index (χ4v) is 9.34. The molecule has 0 radical (unpaired) electrons. The van der Waals surface area contributed by atoms with Crippen molar-refractivity contribution >= 4 is 5.97 Å². The van der Waals surface area contributed by atoms with Crippen LogP contribution in [0, 0.1) is 0 Å². The summed E-state index contributed by atoms with van der Waals surface area (Å²) >= 11 is 0. The number of aliphatic hydroxyl groups excluding tert-OH is 7. The summed E-state index contributed by atoms with van der Waals surface area (Å²) in [6.07, 6.45) is 31.3. The summed E-state index contributed by atoms with van der Waals surface area (Å²) in [6.45, 7) is 3.72. The van der Waals surface area contributed by atoms with Gasteiger partial charge in [-0.1, -0.05) is 206 Å². The molecule has 0 saturated carbocycles. The average Bonchev–Trinajstić information content (AvgIpc) is 3.36. The van der Waals surface area contributed by atoms with Crippen LogP contribution in [0.25, 0.3) is 0 Å². The van der Waals surface area contributed by atoms with Gasteiger partial charge in [0.05, 0.1) is 26.4 Å². The number of carbonyl (C=O) groups is 1. The van der Waals surface area contributed by atoms with E-state index in [-0.39, 0.29) is 25.6 Å². The van der Waals surface area contributed by atoms with Gasteiger partial charge in [-0.05, 0) is 38.5 Å². The molecule has 0 bridgehead atoms. The van der Waals surface area contributed by atoms with Crippen LogP contribution < -0.4 is 0 Å². The van der Waals surface area contributed by atoms with Crippen molar-refractivity contribution in [2.24, 2.45) is 0 Å². The molecule has 2 heterocycles. The van der Waals surface area contributed by atoms with E-state index >= 15 is 0 Å². The second-order valence-corrected chi connectivity index (χ2v) is 20.5. The summed E-state index contributed by atoms with van der Waals surface area (Å²) in [5.74, 6) is -0.372. The standard InChI is InChI=1S/C56H106O14/c1-3-5-7-9-11-13-15-17-19-21-22-23-24-25-27-29-31-33-35-37-39-48(58)68-45(42-65-40-38-36-34-32-30-28-26-20-18-16-14-12-10-8-6-4-2)43-66-55-54(64)52(62)50(60)47(70-55)44-67-56-53(63)51(61)49(59)46(41-57)69-56/h18,20,45-47,49-57,59-64H,3-17,19,21-44H2,1-2H3/b20-18-. The maximum absolute atomic E-state index is 13.1. The molecule has 11 unspecified atom stereocenters. The number of allylic oxidation sites excluding steroid dienone is 2. The first-order valence-electron chi connectivity index (χ1n) is 28.8. The Hall–Kier alpha value is -1.27. The molecule has 2 saturated heterocycles. The van der Waals surface area contributed by atoms with Gasteiger partial charge in [-0.15, -0.1) is 0 Å². The summed E-state index contributed by atoms with van der Waals surface area (Å²) < 4.78 is 34.4. The number of hydrogen-bond acceptors (Lipinski definition) is 14. The van der Waals surface area contributed by atoms with Crippen LogP contribution in [0.1, 0.15) is 239 Å². The Morgan fingerprint density at radius 1 is 0.457 bits per heavy atom. The van der Waals surface area contributed by atoms with Crippen molar-refractivity contribution in [3.8, 4) is 0 Å². The lowest BCUT2D eigenvalue weighted by Gasteiger charge is -2.42. The van der Waals surface area contributed by atoms with Crippen LogP contribution in [0.15, 0.2) is 12.2 Å². The van der Waals surface area contributed by atoms with Crippen molar-refractivity contribution in [1.82, 2.24) is 0 Å². The molecular formula is C56H106O14. The van der Waals surface area contributed by atoms with E-state index in [1.165, 1.54) is 167 Å². The summed E-state index contributed by atoms with van der Waals surface area (Å²) in [7, 11) is 0. The van der Waals surface area contributed by atoms with E-state index in [9.17, 15) is 40.5 Å². The summed E-state index contributed by atoms with van der Waals surface area (Å²) in [4.78, 5) is 13.1. The molecule has 0 aromatic rings. The molecule has 0 aromatic carbocycles. The highest BCUT2D eigenvalue weighted by atomic mass is 16.7. The summed E-state index contributed by atoms with van der Waals surface area (Å²) in [5, 5.41) is 72.3. The van der Waals surface area contributed by atoms with Crippen LogP contribution in [0.2, 0.25) is 0 Å². The fraction of sp³-hybridized carbons (Fsp3) is 0.946. The minimum atomic E-state index is -1.70. The van der Waals surface area contributed by atoms with Gasteiger partial charge in [-0.2, -0.15) is 0 Å². The maximum atomic E-state index is 13.1. The molecule has 11 atom stereocenters. The Morgan fingerprint density at radius 2 is 0.843 bits per heavy atom. The van der Waals surface area contributed by atoms with Gasteiger partial charge in [-0.25, -0.2) is 0 Å². The highest BCUT2D eigenvalue weighted by Gasteiger charge is 2.47. The number of rotatable bonds is 47. The largest absolute Gasteiger partial charge is 0.457 e. The van der Waals surface area contributed by atoms with E-state index in [4.69, 9.17) is 28.4 Å². The molecule has 70 heavy (non-hydrogen) atoms. The molecular weight excluding hydrogens is 897 g/mol. The van der Waals surface area contributed by atoms with E-state index in [1.54, 1.807) is 0 Å². The number of unbranched alkanes of at least 4 members (excludes halogenated alkanes) is 31. The molecule has 2 aliphatic heterocycles. The molecule has 0 amide bonds. The van der Waals surface area contributed by atoms with Crippen molar-refractivity contribution in [2.75, 3.05) is 33.0 Å². The van der Waals surface area contributed by atoms with Gasteiger partial charge in [-0.3, -0.25) is 4.79 Å². The lowest BCUT2D eigenvalue weighted by Crippen LogP contribution is -2.61. The molecule has 0 aromatic heterocycles. The second kappa shape index (κ2) is 44.1. The molecule has 0 spiro atoms. The zero-order valence-corrected chi connectivity index (χ0v) is 44.3. The SMILES string of the molecule is CCCCCCCC/C=C\CCCCCCCCOCC(COC1OC(COC2OC(CO)C(O)C(O)C2O)C(O)C(O)C1O)OC(=O)CCCCCCCCCCCCCCCCCCCCCC. The first kappa shape index (κ1) is 64.8. The van der Waals surface area contributed by atoms with Gasteiger partial charge in [0.1, 0.15) is 54.9 Å². The number of aliphatic hydroxyl groups is 7. The van der Waals surface area contributed by atoms with Gasteiger partial charge < -0.3 is 64.2 Å². The fourth-order valence-electron chi connectivity index (χ4n) is 9.34. The normalized spacial score (nSPS) is 25.5. The van der Waals surface area contributed by atoms with Gasteiger partial charge in [0.25, 0.3) is 0 Å². The average molecular weight is 1000 g/mol. The number of hydrogen-bond donors (Lipinski definition) is 7.